The summed E-state index contributed by atoms with van der Waals surface area (Å²) < 4.78 is 10.6. The Labute approximate surface area is 195 Å². The van der Waals surface area contributed by atoms with Crippen molar-refractivity contribution >= 4 is 34.2 Å². The second-order valence-electron chi connectivity index (χ2n) is 7.05. The largest absolute Gasteiger partial charge is 0.496 e. The molecule has 2 aromatic carbocycles. The second kappa shape index (κ2) is 10.5. The van der Waals surface area contributed by atoms with E-state index in [0.717, 1.165) is 16.7 Å². The van der Waals surface area contributed by atoms with Crippen molar-refractivity contribution in [2.75, 3.05) is 12.4 Å². The third-order valence-corrected chi connectivity index (χ3v) is 5.79. The Kier molecular flexibility index (Phi) is 7.02. The molecule has 0 atom stereocenters. The maximum Gasteiger partial charge on any atom is 0.255 e. The fourth-order valence-electron chi connectivity index (χ4n) is 3.30. The molecule has 2 N–H and O–H groups in total. The van der Waals surface area contributed by atoms with E-state index in [0.29, 0.717) is 22.1 Å². The van der Waals surface area contributed by atoms with Crippen LogP contribution in [0.2, 0.25) is 0 Å². The Hall–Kier alpha value is -4.10. The summed E-state index contributed by atoms with van der Waals surface area (Å²) in [6, 6.07) is 20.6. The number of rotatable bonds is 8. The molecule has 0 unspecified atom stereocenters. The average Bonchev–Trinajstić information content (AvgIpc) is 3.52. The number of nitrogens with one attached hydrogen (secondary N) is 2. The highest BCUT2D eigenvalue weighted by atomic mass is 32.1. The number of carbonyl (C=O) groups is 2. The average molecular weight is 459 g/mol. The van der Waals surface area contributed by atoms with Gasteiger partial charge in [-0.1, -0.05) is 48.5 Å². The summed E-state index contributed by atoms with van der Waals surface area (Å²) >= 11 is 1.31. The van der Waals surface area contributed by atoms with Crippen molar-refractivity contribution < 1.29 is 18.7 Å². The number of thiophene rings is 1. The number of hydrogen-bond donors (Lipinski definition) is 2. The Morgan fingerprint density at radius 3 is 2.58 bits per heavy atom. The van der Waals surface area contributed by atoms with E-state index < -0.39 is 0 Å². The quantitative estimate of drug-likeness (QED) is 0.337. The molecule has 4 rings (SSSR count). The zero-order chi connectivity index (χ0) is 23.0. The Morgan fingerprint density at radius 1 is 1.03 bits per heavy atom. The number of methoxy groups -OCH3 is 1. The molecule has 7 heteroatoms. The highest BCUT2D eigenvalue weighted by Crippen LogP contribution is 2.35. The zero-order valence-corrected chi connectivity index (χ0v) is 18.7. The first-order valence-electron chi connectivity index (χ1n) is 10.3. The molecule has 33 heavy (non-hydrogen) atoms. The minimum absolute atomic E-state index is 0.247. The molecule has 2 aromatic heterocycles. The third kappa shape index (κ3) is 5.39. The Morgan fingerprint density at radius 2 is 1.82 bits per heavy atom. The molecule has 6 nitrogen and oxygen atoms in total. The first-order chi connectivity index (χ1) is 16.2. The number of amides is 2. The van der Waals surface area contributed by atoms with E-state index in [1.807, 2.05) is 60.0 Å². The maximum absolute atomic E-state index is 13.1. The predicted octanol–water partition coefficient (Wildman–Crippen LogP) is 5.60. The molecule has 0 spiro atoms. The first kappa shape index (κ1) is 22.1. The standard InChI is InChI=1S/C26H22N2O4S/c1-31-22-12-6-5-10-19(22)13-14-23(29)28-26-24(25(30)27-16-20-11-7-15-32-20)21(17-33-26)18-8-3-2-4-9-18/h2-15,17H,16H2,1H3,(H,27,30)(H,28,29)/b14-13+. The highest BCUT2D eigenvalue weighted by Gasteiger charge is 2.21. The lowest BCUT2D eigenvalue weighted by Gasteiger charge is -2.09. The smallest absolute Gasteiger partial charge is 0.255 e. The second-order valence-corrected chi connectivity index (χ2v) is 7.93. The third-order valence-electron chi connectivity index (χ3n) is 4.90. The molecule has 4 aromatic rings. The number of carbonyl (C=O) groups excluding carboxylic acids is 2. The van der Waals surface area contributed by atoms with Crippen LogP contribution in [0.5, 0.6) is 5.75 Å². The topological polar surface area (TPSA) is 80.6 Å². The van der Waals surface area contributed by atoms with E-state index in [1.165, 1.54) is 17.4 Å². The van der Waals surface area contributed by atoms with Gasteiger partial charge in [0.05, 0.1) is 25.5 Å². The Balaban J connectivity index is 1.58. The van der Waals surface area contributed by atoms with Gasteiger partial charge in [0.1, 0.15) is 16.5 Å². The van der Waals surface area contributed by atoms with Gasteiger partial charge in [0.15, 0.2) is 0 Å². The van der Waals surface area contributed by atoms with Crippen LogP contribution in [-0.4, -0.2) is 18.9 Å². The number of para-hydroxylation sites is 1. The first-order valence-corrected chi connectivity index (χ1v) is 11.1. The fourth-order valence-corrected chi connectivity index (χ4v) is 4.27. The van der Waals surface area contributed by atoms with Gasteiger partial charge in [0, 0.05) is 22.6 Å². The van der Waals surface area contributed by atoms with Gasteiger partial charge >= 0.3 is 0 Å². The molecular formula is C26H22N2O4S. The normalized spacial score (nSPS) is 10.8. The molecule has 0 aliphatic rings. The van der Waals surface area contributed by atoms with E-state index in [1.54, 1.807) is 31.6 Å². The van der Waals surface area contributed by atoms with Crippen molar-refractivity contribution in [3.8, 4) is 16.9 Å². The fraction of sp³-hybridized carbons (Fsp3) is 0.0769. The van der Waals surface area contributed by atoms with Gasteiger partial charge < -0.3 is 19.8 Å². The number of anilines is 1. The summed E-state index contributed by atoms with van der Waals surface area (Å²) in [7, 11) is 1.58. The van der Waals surface area contributed by atoms with Gasteiger partial charge in [-0.3, -0.25) is 9.59 Å². The SMILES string of the molecule is COc1ccccc1/C=C/C(=O)Nc1scc(-c2ccccc2)c1C(=O)NCc1ccco1. The number of benzene rings is 2. The van der Waals surface area contributed by atoms with Crippen molar-refractivity contribution in [2.45, 2.75) is 6.54 Å². The molecule has 0 bridgehead atoms. The van der Waals surface area contributed by atoms with E-state index in [9.17, 15) is 9.59 Å². The van der Waals surface area contributed by atoms with Crippen molar-refractivity contribution in [1.29, 1.82) is 0 Å². The van der Waals surface area contributed by atoms with Gasteiger partial charge in [-0.2, -0.15) is 0 Å². The summed E-state index contributed by atoms with van der Waals surface area (Å²) in [6.07, 6.45) is 4.65. The van der Waals surface area contributed by atoms with Gasteiger partial charge in [-0.15, -0.1) is 11.3 Å². The lowest BCUT2D eigenvalue weighted by molar-refractivity contribution is -0.111. The molecule has 0 radical (unpaired) electrons. The lowest BCUT2D eigenvalue weighted by Crippen LogP contribution is -2.24. The number of ether oxygens (including phenoxy) is 1. The Bertz CT molecular complexity index is 1260. The lowest BCUT2D eigenvalue weighted by atomic mass is 10.0. The molecule has 0 fully saturated rings. The molecule has 0 aliphatic heterocycles. The van der Waals surface area contributed by atoms with Crippen LogP contribution >= 0.6 is 11.3 Å². The zero-order valence-electron chi connectivity index (χ0n) is 17.9. The molecule has 2 amide bonds. The van der Waals surface area contributed by atoms with E-state index in [2.05, 4.69) is 10.6 Å². The predicted molar refractivity (Wildman–Crippen MR) is 130 cm³/mol. The minimum atomic E-state index is -0.345. The van der Waals surface area contributed by atoms with E-state index >= 15 is 0 Å². The van der Waals surface area contributed by atoms with E-state index in [4.69, 9.17) is 9.15 Å². The highest BCUT2D eigenvalue weighted by molar-refractivity contribution is 7.15. The molecule has 0 saturated heterocycles. The van der Waals surface area contributed by atoms with Gasteiger partial charge in [0.25, 0.3) is 5.91 Å². The van der Waals surface area contributed by atoms with Gasteiger partial charge in [0.2, 0.25) is 5.91 Å². The summed E-state index contributed by atoms with van der Waals surface area (Å²) in [5.74, 6) is 0.671. The van der Waals surface area contributed by atoms with Crippen molar-refractivity contribution in [1.82, 2.24) is 5.32 Å². The minimum Gasteiger partial charge on any atom is -0.496 e. The summed E-state index contributed by atoms with van der Waals surface area (Å²) in [5, 5.41) is 8.07. The van der Waals surface area contributed by atoms with Crippen LogP contribution in [-0.2, 0) is 11.3 Å². The van der Waals surface area contributed by atoms with Crippen LogP contribution in [0.1, 0.15) is 21.7 Å². The van der Waals surface area contributed by atoms with Crippen molar-refractivity contribution in [3.63, 3.8) is 0 Å². The van der Waals surface area contributed by atoms with E-state index in [-0.39, 0.29) is 18.4 Å². The monoisotopic (exact) mass is 458 g/mol. The van der Waals surface area contributed by atoms with Gasteiger partial charge in [-0.25, -0.2) is 0 Å². The maximum atomic E-state index is 13.1. The molecular weight excluding hydrogens is 436 g/mol. The molecule has 2 heterocycles. The van der Waals surface area contributed by atoms with Crippen LogP contribution in [0, 0.1) is 0 Å². The molecule has 0 saturated carbocycles. The summed E-state index contributed by atoms with van der Waals surface area (Å²) in [4.78, 5) is 25.8. The summed E-state index contributed by atoms with van der Waals surface area (Å²) in [6.45, 7) is 0.247. The molecule has 166 valence electrons. The van der Waals surface area contributed by atoms with Crippen molar-refractivity contribution in [2.24, 2.45) is 0 Å². The summed E-state index contributed by atoms with van der Waals surface area (Å²) in [5.41, 5.74) is 2.84. The van der Waals surface area contributed by atoms with Crippen LogP contribution in [0.4, 0.5) is 5.00 Å². The van der Waals surface area contributed by atoms with Crippen LogP contribution < -0.4 is 15.4 Å². The molecule has 0 aliphatic carbocycles. The number of hydrogen-bond acceptors (Lipinski definition) is 5. The van der Waals surface area contributed by atoms with Gasteiger partial charge in [-0.05, 0) is 29.8 Å². The number of furan rings is 1. The van der Waals surface area contributed by atoms with Crippen LogP contribution in [0.3, 0.4) is 0 Å². The van der Waals surface area contributed by atoms with Crippen molar-refractivity contribution in [3.05, 3.63) is 101 Å². The van der Waals surface area contributed by atoms with Crippen LogP contribution in [0.25, 0.3) is 17.2 Å². The van der Waals surface area contributed by atoms with Crippen LogP contribution in [0.15, 0.2) is 88.9 Å².